The van der Waals surface area contributed by atoms with Crippen molar-refractivity contribution in [1.29, 1.82) is 0 Å². The summed E-state index contributed by atoms with van der Waals surface area (Å²) in [6.07, 6.45) is 6.94. The third-order valence-corrected chi connectivity index (χ3v) is 4.28. The summed E-state index contributed by atoms with van der Waals surface area (Å²) in [5, 5.41) is 12.6. The largest absolute Gasteiger partial charge is 0.480 e. The summed E-state index contributed by atoms with van der Waals surface area (Å²) in [6.45, 7) is 2.06. The van der Waals surface area contributed by atoms with E-state index in [-0.39, 0.29) is 0 Å². The molecule has 0 radical (unpaired) electrons. The molecule has 0 saturated heterocycles. The first kappa shape index (κ1) is 16.4. The fourth-order valence-corrected chi connectivity index (χ4v) is 2.99. The van der Waals surface area contributed by atoms with Crippen LogP contribution in [0, 0.1) is 0 Å². The van der Waals surface area contributed by atoms with Crippen LogP contribution in [0.1, 0.15) is 43.9 Å². The normalized spacial score (nSPS) is 14.2. The zero-order chi connectivity index (χ0) is 16.9. The van der Waals surface area contributed by atoms with Crippen LogP contribution in [0.15, 0.2) is 24.4 Å². The van der Waals surface area contributed by atoms with Gasteiger partial charge in [0.1, 0.15) is 17.6 Å². The number of aliphatic carboxylic acids is 1. The average Bonchev–Trinajstić information content (AvgIpc) is 3.07. The molecule has 126 valence electrons. The van der Waals surface area contributed by atoms with E-state index in [0.717, 1.165) is 43.4 Å². The van der Waals surface area contributed by atoms with Crippen molar-refractivity contribution in [3.63, 3.8) is 0 Å². The standard InChI is InChI=1S/C18H22N4O2/c1-2-3-8-15(18(23)24)21-16-12-7-6-10-13(12)20-17(22-16)14-9-4-5-11-19-14/h4-5,9,11,15H,2-3,6-8,10H2,1H3,(H,23,24)(H,20,21,22)/t15-/m0/s1. The highest BCUT2D eigenvalue weighted by Crippen LogP contribution is 2.29. The maximum Gasteiger partial charge on any atom is 0.326 e. The molecule has 1 atom stereocenters. The number of hydrogen-bond donors (Lipinski definition) is 2. The molecule has 24 heavy (non-hydrogen) atoms. The predicted molar refractivity (Wildman–Crippen MR) is 91.9 cm³/mol. The first-order valence-electron chi connectivity index (χ1n) is 8.49. The number of aryl methyl sites for hydroxylation is 1. The predicted octanol–water partition coefficient (Wildman–Crippen LogP) is 3.08. The molecule has 2 aromatic rings. The van der Waals surface area contributed by atoms with E-state index in [9.17, 15) is 9.90 Å². The van der Waals surface area contributed by atoms with Crippen LogP contribution < -0.4 is 5.32 Å². The van der Waals surface area contributed by atoms with Gasteiger partial charge in [0.05, 0.1) is 0 Å². The van der Waals surface area contributed by atoms with E-state index in [1.54, 1.807) is 6.20 Å². The number of nitrogens with zero attached hydrogens (tertiary/aromatic N) is 3. The van der Waals surface area contributed by atoms with E-state index in [1.807, 2.05) is 18.2 Å². The third kappa shape index (κ3) is 3.53. The fourth-order valence-electron chi connectivity index (χ4n) is 2.99. The van der Waals surface area contributed by atoms with Crippen LogP contribution in [-0.4, -0.2) is 32.1 Å². The highest BCUT2D eigenvalue weighted by molar-refractivity contribution is 5.77. The van der Waals surface area contributed by atoms with Gasteiger partial charge in [-0.1, -0.05) is 25.8 Å². The van der Waals surface area contributed by atoms with Crippen LogP contribution in [0.5, 0.6) is 0 Å². The SMILES string of the molecule is CCCC[C@H](Nc1nc(-c2ccccn2)nc2c1CCC2)C(=O)O. The van der Waals surface area contributed by atoms with Gasteiger partial charge < -0.3 is 10.4 Å². The Morgan fingerprint density at radius 2 is 2.21 bits per heavy atom. The van der Waals surface area contributed by atoms with Gasteiger partial charge in [-0.15, -0.1) is 0 Å². The lowest BCUT2D eigenvalue weighted by molar-refractivity contribution is -0.138. The molecule has 0 bridgehead atoms. The molecule has 2 N–H and O–H groups in total. The fraction of sp³-hybridized carbons (Fsp3) is 0.444. The second-order valence-corrected chi connectivity index (χ2v) is 6.07. The topological polar surface area (TPSA) is 88.0 Å². The number of unbranched alkanes of at least 4 members (excludes halogenated alkanes) is 1. The van der Waals surface area contributed by atoms with Gasteiger partial charge in [0.25, 0.3) is 0 Å². The first-order chi connectivity index (χ1) is 11.7. The number of nitrogens with one attached hydrogen (secondary N) is 1. The number of rotatable bonds is 7. The van der Waals surface area contributed by atoms with Gasteiger partial charge in [0, 0.05) is 17.5 Å². The van der Waals surface area contributed by atoms with Crippen LogP contribution in [0.2, 0.25) is 0 Å². The minimum absolute atomic E-state index is 0.554. The van der Waals surface area contributed by atoms with Crippen LogP contribution in [0.3, 0.4) is 0 Å². The van der Waals surface area contributed by atoms with Crippen molar-refractivity contribution >= 4 is 11.8 Å². The van der Waals surface area contributed by atoms with Gasteiger partial charge >= 0.3 is 5.97 Å². The summed E-state index contributed by atoms with van der Waals surface area (Å²) in [5.41, 5.74) is 2.76. The van der Waals surface area contributed by atoms with Crippen molar-refractivity contribution in [2.24, 2.45) is 0 Å². The molecule has 3 rings (SSSR count). The lowest BCUT2D eigenvalue weighted by Gasteiger charge is -2.17. The molecule has 1 aliphatic carbocycles. The Balaban J connectivity index is 1.94. The third-order valence-electron chi connectivity index (χ3n) is 4.28. The van der Waals surface area contributed by atoms with Crippen molar-refractivity contribution in [2.75, 3.05) is 5.32 Å². The van der Waals surface area contributed by atoms with Gasteiger partial charge in [0.15, 0.2) is 5.82 Å². The molecular formula is C18H22N4O2. The lowest BCUT2D eigenvalue weighted by atomic mass is 10.1. The molecule has 1 aliphatic rings. The summed E-state index contributed by atoms with van der Waals surface area (Å²) in [7, 11) is 0. The van der Waals surface area contributed by atoms with Gasteiger partial charge in [-0.05, 0) is 37.8 Å². The number of carbonyl (C=O) groups is 1. The minimum atomic E-state index is -0.840. The summed E-state index contributed by atoms with van der Waals surface area (Å²) < 4.78 is 0. The molecule has 6 nitrogen and oxygen atoms in total. The molecule has 0 fully saturated rings. The molecule has 0 unspecified atom stereocenters. The molecule has 0 saturated carbocycles. The van der Waals surface area contributed by atoms with Crippen molar-refractivity contribution in [3.05, 3.63) is 35.7 Å². The number of pyridine rings is 1. The van der Waals surface area contributed by atoms with Gasteiger partial charge in [-0.3, -0.25) is 4.98 Å². The monoisotopic (exact) mass is 326 g/mol. The number of hydrogen-bond acceptors (Lipinski definition) is 5. The Kier molecular flexibility index (Phi) is 5.03. The number of carboxylic acids is 1. The van der Waals surface area contributed by atoms with Crippen molar-refractivity contribution in [3.8, 4) is 11.5 Å². The summed E-state index contributed by atoms with van der Waals surface area (Å²) in [5.74, 6) is 0.369. The Labute approximate surface area is 141 Å². The second-order valence-electron chi connectivity index (χ2n) is 6.07. The Morgan fingerprint density at radius 3 is 2.92 bits per heavy atom. The molecule has 0 aliphatic heterocycles. The molecule has 6 heteroatoms. The minimum Gasteiger partial charge on any atom is -0.480 e. The van der Waals surface area contributed by atoms with Gasteiger partial charge in [-0.25, -0.2) is 14.8 Å². The van der Waals surface area contributed by atoms with E-state index in [4.69, 9.17) is 0 Å². The smallest absolute Gasteiger partial charge is 0.326 e. The van der Waals surface area contributed by atoms with Crippen LogP contribution >= 0.6 is 0 Å². The molecule has 0 aromatic carbocycles. The zero-order valence-electron chi connectivity index (χ0n) is 13.8. The number of anilines is 1. The van der Waals surface area contributed by atoms with Gasteiger partial charge in [-0.2, -0.15) is 0 Å². The number of fused-ring (bicyclic) bond motifs is 1. The highest BCUT2D eigenvalue weighted by atomic mass is 16.4. The lowest BCUT2D eigenvalue weighted by Crippen LogP contribution is -2.30. The van der Waals surface area contributed by atoms with E-state index in [1.165, 1.54) is 0 Å². The van der Waals surface area contributed by atoms with E-state index < -0.39 is 12.0 Å². The van der Waals surface area contributed by atoms with Crippen molar-refractivity contribution in [1.82, 2.24) is 15.0 Å². The number of carboxylic acid groups (broad SMARTS) is 1. The Hall–Kier alpha value is -2.50. The number of aromatic nitrogens is 3. The Bertz CT molecular complexity index is 718. The molecule has 2 aromatic heterocycles. The molecule has 2 heterocycles. The first-order valence-corrected chi connectivity index (χ1v) is 8.49. The van der Waals surface area contributed by atoms with Crippen LogP contribution in [0.25, 0.3) is 11.5 Å². The Morgan fingerprint density at radius 1 is 1.33 bits per heavy atom. The van der Waals surface area contributed by atoms with Crippen molar-refractivity contribution in [2.45, 2.75) is 51.5 Å². The second kappa shape index (κ2) is 7.38. The van der Waals surface area contributed by atoms with E-state index >= 15 is 0 Å². The van der Waals surface area contributed by atoms with Crippen LogP contribution in [-0.2, 0) is 17.6 Å². The highest BCUT2D eigenvalue weighted by Gasteiger charge is 2.24. The summed E-state index contributed by atoms with van der Waals surface area (Å²) in [4.78, 5) is 25.1. The molecule has 0 amide bonds. The summed E-state index contributed by atoms with van der Waals surface area (Å²) in [6, 6.07) is 4.99. The quantitative estimate of drug-likeness (QED) is 0.813. The average molecular weight is 326 g/mol. The maximum atomic E-state index is 11.5. The van der Waals surface area contributed by atoms with Crippen LogP contribution in [0.4, 0.5) is 5.82 Å². The van der Waals surface area contributed by atoms with E-state index in [2.05, 4.69) is 27.2 Å². The zero-order valence-corrected chi connectivity index (χ0v) is 13.8. The molecule has 0 spiro atoms. The maximum absolute atomic E-state index is 11.5. The van der Waals surface area contributed by atoms with Crippen molar-refractivity contribution < 1.29 is 9.90 Å². The summed E-state index contributed by atoms with van der Waals surface area (Å²) >= 11 is 0. The van der Waals surface area contributed by atoms with E-state index in [0.29, 0.717) is 23.8 Å². The van der Waals surface area contributed by atoms with Gasteiger partial charge in [0.2, 0.25) is 0 Å². The molecular weight excluding hydrogens is 304 g/mol.